The molecule has 0 amide bonds. The molecule has 0 saturated carbocycles. The highest BCUT2D eigenvalue weighted by atomic mass is 79.9. The average molecular weight is 319 g/mol. The molecule has 0 aromatic carbocycles. The van der Waals surface area contributed by atoms with Crippen LogP contribution >= 0.6 is 38.9 Å². The Bertz CT molecular complexity index is 501. The van der Waals surface area contributed by atoms with Crippen molar-refractivity contribution >= 4 is 44.6 Å². The summed E-state index contributed by atoms with van der Waals surface area (Å²) in [7, 11) is 0. The quantitative estimate of drug-likeness (QED) is 0.873. The molecular formula is C10H9BrClN3S. The summed E-state index contributed by atoms with van der Waals surface area (Å²) in [5, 5.41) is 4.24. The normalized spacial score (nSPS) is 10.4. The van der Waals surface area contributed by atoms with E-state index in [2.05, 4.69) is 31.2 Å². The van der Waals surface area contributed by atoms with Crippen molar-refractivity contribution in [1.82, 2.24) is 9.97 Å². The lowest BCUT2D eigenvalue weighted by Gasteiger charge is -2.07. The molecule has 0 unspecified atom stereocenters. The fraction of sp³-hybridized carbons (Fsp3) is 0.200. The highest BCUT2D eigenvalue weighted by molar-refractivity contribution is 9.10. The first-order valence-corrected chi connectivity index (χ1v) is 6.61. The van der Waals surface area contributed by atoms with Crippen molar-refractivity contribution in [3.8, 4) is 0 Å². The lowest BCUT2D eigenvalue weighted by atomic mass is 10.3. The average Bonchev–Trinajstić information content (AvgIpc) is 2.63. The van der Waals surface area contributed by atoms with Crippen molar-refractivity contribution in [2.24, 2.45) is 0 Å². The van der Waals surface area contributed by atoms with Gasteiger partial charge < -0.3 is 5.32 Å². The van der Waals surface area contributed by atoms with Gasteiger partial charge in [0, 0.05) is 0 Å². The van der Waals surface area contributed by atoms with Crippen LogP contribution in [0.3, 0.4) is 0 Å². The molecule has 0 spiro atoms. The van der Waals surface area contributed by atoms with E-state index in [1.807, 2.05) is 19.1 Å². The fourth-order valence-corrected chi connectivity index (χ4v) is 2.55. The summed E-state index contributed by atoms with van der Waals surface area (Å²) < 4.78 is 1.55. The number of halogens is 2. The van der Waals surface area contributed by atoms with Gasteiger partial charge >= 0.3 is 0 Å². The van der Waals surface area contributed by atoms with Crippen molar-refractivity contribution in [3.63, 3.8) is 0 Å². The number of nitrogens with one attached hydrogen (secondary N) is 1. The topological polar surface area (TPSA) is 37.8 Å². The first kappa shape index (κ1) is 11.8. The van der Waals surface area contributed by atoms with E-state index in [1.165, 1.54) is 11.3 Å². The van der Waals surface area contributed by atoms with E-state index in [-0.39, 0.29) is 0 Å². The number of thiazole rings is 1. The Morgan fingerprint density at radius 2 is 2.31 bits per heavy atom. The lowest BCUT2D eigenvalue weighted by molar-refractivity contribution is 1.07. The molecule has 0 aliphatic rings. The van der Waals surface area contributed by atoms with Gasteiger partial charge in [-0.3, -0.25) is 0 Å². The summed E-state index contributed by atoms with van der Waals surface area (Å²) in [5.74, 6) is 0. The van der Waals surface area contributed by atoms with Crippen LogP contribution in [-0.4, -0.2) is 9.97 Å². The number of pyridine rings is 1. The van der Waals surface area contributed by atoms with Crippen LogP contribution in [0.2, 0.25) is 4.34 Å². The third kappa shape index (κ3) is 2.93. The minimum absolute atomic E-state index is 0.668. The van der Waals surface area contributed by atoms with Crippen molar-refractivity contribution < 1.29 is 0 Å². The predicted molar refractivity (Wildman–Crippen MR) is 71.1 cm³/mol. The molecule has 2 rings (SSSR count). The summed E-state index contributed by atoms with van der Waals surface area (Å²) >= 11 is 10.6. The zero-order chi connectivity index (χ0) is 11.5. The van der Waals surface area contributed by atoms with E-state index in [0.29, 0.717) is 10.9 Å². The van der Waals surface area contributed by atoms with Crippen LogP contribution in [0.4, 0.5) is 5.69 Å². The Labute approximate surface area is 111 Å². The van der Waals surface area contributed by atoms with Crippen LogP contribution in [-0.2, 0) is 6.54 Å². The zero-order valence-corrected chi connectivity index (χ0v) is 11.7. The number of aryl methyl sites for hydroxylation is 1. The highest BCUT2D eigenvalue weighted by Gasteiger charge is 2.02. The summed E-state index contributed by atoms with van der Waals surface area (Å²) in [6.45, 7) is 2.63. The summed E-state index contributed by atoms with van der Waals surface area (Å²) in [5.41, 5.74) is 1.96. The Kier molecular flexibility index (Phi) is 3.78. The van der Waals surface area contributed by atoms with E-state index < -0.39 is 0 Å². The molecule has 6 heteroatoms. The van der Waals surface area contributed by atoms with E-state index in [4.69, 9.17) is 11.6 Å². The molecule has 0 aliphatic carbocycles. The van der Waals surface area contributed by atoms with Crippen LogP contribution < -0.4 is 5.32 Å². The van der Waals surface area contributed by atoms with E-state index in [1.54, 1.807) is 6.20 Å². The number of nitrogens with zero attached hydrogens (tertiary/aromatic N) is 2. The third-order valence-electron chi connectivity index (χ3n) is 2.01. The van der Waals surface area contributed by atoms with Gasteiger partial charge in [-0.2, -0.15) is 0 Å². The molecule has 84 valence electrons. The Morgan fingerprint density at radius 1 is 1.50 bits per heavy atom. The second-order valence-electron chi connectivity index (χ2n) is 3.18. The van der Waals surface area contributed by atoms with Crippen LogP contribution in [0.25, 0.3) is 0 Å². The predicted octanol–water partition coefficient (Wildman–Crippen LogP) is 3.87. The Hall–Kier alpha value is -0.650. The van der Waals surface area contributed by atoms with E-state index in [0.717, 1.165) is 21.0 Å². The van der Waals surface area contributed by atoms with Crippen molar-refractivity contribution in [2.45, 2.75) is 13.5 Å². The number of anilines is 1. The minimum Gasteiger partial charge on any atom is -0.377 e. The molecule has 3 nitrogen and oxygen atoms in total. The Balaban J connectivity index is 2.04. The lowest BCUT2D eigenvalue weighted by Crippen LogP contribution is -2.01. The molecule has 0 atom stereocenters. The molecule has 2 aromatic rings. The van der Waals surface area contributed by atoms with E-state index in [9.17, 15) is 0 Å². The van der Waals surface area contributed by atoms with Gasteiger partial charge in [-0.15, -0.1) is 11.3 Å². The second kappa shape index (κ2) is 5.12. The number of aromatic nitrogens is 2. The van der Waals surface area contributed by atoms with Crippen molar-refractivity contribution in [2.75, 3.05) is 5.32 Å². The second-order valence-corrected chi connectivity index (χ2v) is 5.74. The smallest absolute Gasteiger partial charge is 0.113 e. The molecule has 0 saturated heterocycles. The van der Waals surface area contributed by atoms with Crippen LogP contribution in [0, 0.1) is 6.92 Å². The third-order valence-corrected chi connectivity index (χ3v) is 3.56. The molecular weight excluding hydrogens is 310 g/mol. The largest absolute Gasteiger partial charge is 0.377 e. The van der Waals surface area contributed by atoms with Crippen molar-refractivity contribution in [3.05, 3.63) is 38.0 Å². The van der Waals surface area contributed by atoms with Crippen molar-refractivity contribution in [1.29, 1.82) is 0 Å². The summed E-state index contributed by atoms with van der Waals surface area (Å²) in [4.78, 5) is 8.47. The molecule has 2 aromatic heterocycles. The summed E-state index contributed by atoms with van der Waals surface area (Å²) in [6, 6.07) is 3.89. The monoisotopic (exact) mass is 317 g/mol. The number of hydrogen-bond acceptors (Lipinski definition) is 4. The molecule has 1 N–H and O–H groups in total. The molecule has 0 radical (unpaired) electrons. The van der Waals surface area contributed by atoms with Gasteiger partial charge in [0.15, 0.2) is 0 Å². The highest BCUT2D eigenvalue weighted by Crippen LogP contribution is 2.21. The standard InChI is InChI=1S/C10H9BrClN3S/c1-6-7(2-3-8(11)15-6)13-5-10-14-4-9(12)16-10/h2-4,13H,5H2,1H3. The molecule has 16 heavy (non-hydrogen) atoms. The molecule has 0 bridgehead atoms. The number of rotatable bonds is 3. The van der Waals surface area contributed by atoms with Gasteiger partial charge in [-0.25, -0.2) is 9.97 Å². The minimum atomic E-state index is 0.668. The summed E-state index contributed by atoms with van der Waals surface area (Å²) in [6.07, 6.45) is 1.66. The molecule has 2 heterocycles. The number of hydrogen-bond donors (Lipinski definition) is 1. The SMILES string of the molecule is Cc1nc(Br)ccc1NCc1ncc(Cl)s1. The van der Waals surface area contributed by atoms with Crippen LogP contribution in [0.15, 0.2) is 22.9 Å². The van der Waals surface area contributed by atoms with Crippen LogP contribution in [0.5, 0.6) is 0 Å². The molecule has 0 fully saturated rings. The zero-order valence-electron chi connectivity index (χ0n) is 8.50. The Morgan fingerprint density at radius 3 is 2.94 bits per heavy atom. The van der Waals surface area contributed by atoms with Gasteiger partial charge in [-0.1, -0.05) is 11.6 Å². The van der Waals surface area contributed by atoms with Gasteiger partial charge in [0.2, 0.25) is 0 Å². The van der Waals surface area contributed by atoms with Gasteiger partial charge in [0.1, 0.15) is 13.9 Å². The fourth-order valence-electron chi connectivity index (χ4n) is 1.26. The maximum atomic E-state index is 5.80. The first-order valence-electron chi connectivity index (χ1n) is 4.62. The first-order chi connectivity index (χ1) is 7.65. The van der Waals surface area contributed by atoms with Gasteiger partial charge in [-0.05, 0) is 35.0 Å². The van der Waals surface area contributed by atoms with E-state index >= 15 is 0 Å². The maximum Gasteiger partial charge on any atom is 0.113 e. The maximum absolute atomic E-state index is 5.80. The van der Waals surface area contributed by atoms with Gasteiger partial charge in [0.05, 0.1) is 24.1 Å². The molecule has 0 aliphatic heterocycles. The van der Waals surface area contributed by atoms with Gasteiger partial charge in [0.25, 0.3) is 0 Å². The van der Waals surface area contributed by atoms with Crippen LogP contribution in [0.1, 0.15) is 10.7 Å².